The third-order valence-electron chi connectivity index (χ3n) is 14.3. The highest BCUT2D eigenvalue weighted by atomic mass is 16.4. The number of carbonyl (C=O) groups is 12. The van der Waals surface area contributed by atoms with E-state index in [1.54, 1.807) is 86.6 Å². The van der Waals surface area contributed by atoms with Crippen LogP contribution in [-0.2, 0) is 83.2 Å². The third-order valence-corrected chi connectivity index (χ3v) is 14.3. The second kappa shape index (κ2) is 36.0. The van der Waals surface area contributed by atoms with Crippen LogP contribution in [0.3, 0.4) is 0 Å². The summed E-state index contributed by atoms with van der Waals surface area (Å²) in [5.74, 6) is -15.1. The Morgan fingerprint density at radius 2 is 0.696 bits per heavy atom. The van der Waals surface area contributed by atoms with Gasteiger partial charge in [0.25, 0.3) is 0 Å². The summed E-state index contributed by atoms with van der Waals surface area (Å²) in [7, 11) is 0. The molecule has 0 aliphatic rings. The van der Waals surface area contributed by atoms with Gasteiger partial charge < -0.3 is 90.0 Å². The lowest BCUT2D eigenvalue weighted by Crippen LogP contribution is -2.63. The lowest BCUT2D eigenvalue weighted by atomic mass is 9.99. The van der Waals surface area contributed by atoms with Crippen molar-refractivity contribution in [2.24, 2.45) is 23.3 Å². The molecule has 10 amide bonds. The monoisotopic (exact) mass is 1280 g/mol. The van der Waals surface area contributed by atoms with Crippen LogP contribution in [0, 0.1) is 11.8 Å². The van der Waals surface area contributed by atoms with E-state index in [1.807, 2.05) is 0 Å². The molecule has 4 aromatic carbocycles. The van der Waals surface area contributed by atoms with Crippen LogP contribution in [-0.4, -0.2) is 174 Å². The number of rotatable bonds is 36. The van der Waals surface area contributed by atoms with Crippen molar-refractivity contribution in [2.45, 2.75) is 159 Å². The number of aliphatic hydroxyl groups is 2. The van der Waals surface area contributed by atoms with Crippen molar-refractivity contribution in [3.05, 3.63) is 131 Å². The molecule has 0 unspecified atom stereocenters. The minimum absolute atomic E-state index is 0.00266. The molecule has 0 heterocycles. The summed E-state index contributed by atoms with van der Waals surface area (Å²) in [6, 6.07) is 11.3. The molecule has 29 heteroatoms. The third kappa shape index (κ3) is 24.8. The number of primary amides is 1. The Kier molecular flexibility index (Phi) is 29.1. The van der Waals surface area contributed by atoms with Crippen LogP contribution in [0.2, 0.25) is 0 Å². The molecule has 0 spiro atoms. The Morgan fingerprint density at radius 3 is 1.08 bits per heavy atom. The van der Waals surface area contributed by atoms with E-state index in [4.69, 9.17) is 11.5 Å². The number of carboxylic acid groups (broad SMARTS) is 2. The number of aliphatic carboxylic acids is 2. The van der Waals surface area contributed by atoms with Crippen molar-refractivity contribution in [1.82, 2.24) is 47.9 Å². The van der Waals surface area contributed by atoms with Crippen molar-refractivity contribution in [2.75, 3.05) is 0 Å². The zero-order valence-corrected chi connectivity index (χ0v) is 51.7. The highest BCUT2D eigenvalue weighted by Crippen LogP contribution is 2.16. The number of benzene rings is 4. The van der Waals surface area contributed by atoms with Crippen LogP contribution in [0.5, 0.6) is 11.5 Å². The number of aromatic hydroxyl groups is 2. The van der Waals surface area contributed by atoms with E-state index in [2.05, 4.69) is 47.9 Å². The van der Waals surface area contributed by atoms with E-state index < -0.39 is 162 Å². The SMILES string of the molecule is CC(C)C[C@H](NC(=O)[C@@H](N)Cc1ccc(O)cc1)C(=O)N[C@H](C(=O)N[C@@H](Cc1ccccc1)C(=O)N[C@@H](Cc1ccc(O)cc1)C(=O)N[C@@H](Cc1ccccc1)C(=O)N[C@H](C(=O)N[C@@H](CC(N)=O)C(=O)N[C@@H](CC(=O)O)C(=O)N[C@H](C(=O)O)C(C)C)[C@@H](C)O)[C@@H](C)O. The second-order valence-electron chi connectivity index (χ2n) is 23.0. The van der Waals surface area contributed by atoms with E-state index in [1.165, 1.54) is 57.2 Å². The molecule has 4 aromatic rings. The maximum absolute atomic E-state index is 14.9. The average molecular weight is 1280 g/mol. The van der Waals surface area contributed by atoms with Gasteiger partial charge in [0.2, 0.25) is 59.1 Å². The first-order chi connectivity index (χ1) is 43.3. The van der Waals surface area contributed by atoms with Gasteiger partial charge in [-0.3, -0.25) is 52.7 Å². The van der Waals surface area contributed by atoms with Crippen molar-refractivity contribution in [1.29, 1.82) is 0 Å². The largest absolute Gasteiger partial charge is 0.508 e. The summed E-state index contributed by atoms with van der Waals surface area (Å²) < 4.78 is 0. The molecule has 19 N–H and O–H groups in total. The first-order valence-electron chi connectivity index (χ1n) is 29.5. The van der Waals surface area contributed by atoms with Gasteiger partial charge in [-0.2, -0.15) is 0 Å². The number of carbonyl (C=O) groups excluding carboxylic acids is 10. The summed E-state index contributed by atoms with van der Waals surface area (Å²) in [5, 5.41) is 82.7. The number of hydrogen-bond acceptors (Lipinski definition) is 17. The van der Waals surface area contributed by atoms with Crippen LogP contribution in [0.1, 0.15) is 83.1 Å². The van der Waals surface area contributed by atoms with Crippen molar-refractivity contribution in [3.63, 3.8) is 0 Å². The van der Waals surface area contributed by atoms with Gasteiger partial charge >= 0.3 is 11.9 Å². The van der Waals surface area contributed by atoms with E-state index in [0.717, 1.165) is 6.92 Å². The molecule has 0 aliphatic carbocycles. The fourth-order valence-electron chi connectivity index (χ4n) is 9.38. The predicted octanol–water partition coefficient (Wildman–Crippen LogP) is -2.04. The molecule has 0 saturated carbocycles. The molecule has 0 radical (unpaired) electrons. The van der Waals surface area contributed by atoms with Gasteiger partial charge in [0.1, 0.15) is 65.9 Å². The minimum atomic E-state index is -2.01. The van der Waals surface area contributed by atoms with Gasteiger partial charge in [-0.15, -0.1) is 0 Å². The Hall–Kier alpha value is -10.00. The highest BCUT2D eigenvalue weighted by Gasteiger charge is 2.39. The van der Waals surface area contributed by atoms with Gasteiger partial charge in [0.05, 0.1) is 31.1 Å². The molecule has 12 atom stereocenters. The molecule has 0 bridgehead atoms. The molecule has 4 rings (SSSR count). The van der Waals surface area contributed by atoms with Crippen LogP contribution in [0.15, 0.2) is 109 Å². The fraction of sp³-hybridized carbons (Fsp3) is 0.429. The first-order valence-corrected chi connectivity index (χ1v) is 29.5. The molecular weight excluding hydrogens is 1200 g/mol. The standard InChI is InChI=1S/C63H83N11O18/c1-32(2)25-43(66-54(82)42(64)26-38-17-21-40(77)22-18-38)58(86)73-52(34(5)75)61(89)70-45(27-36-13-9-7-10-14-36)56(84)67-44(29-39-19-23-41(78)24-20-39)55(83)68-46(28-37-15-11-8-12-16-37)59(87)74-53(35(6)76)62(90)71-47(30-49(65)79)57(85)69-48(31-50(80)81)60(88)72-51(33(3)4)63(91)92/h7-24,32-35,42-48,51-53,75-78H,25-31,64H2,1-6H3,(H2,65,79)(H,66,82)(H,67,84)(H,68,83)(H,69,85)(H,70,89)(H,71,90)(H,72,88)(H,73,86)(H,74,87)(H,80,81)(H,91,92)/t34-,35-,42+,43+,44+,45+,46+,47+,48+,51+,52+,53+/m1/s1. The van der Waals surface area contributed by atoms with E-state index >= 15 is 0 Å². The number of hydrogen-bond donors (Lipinski definition) is 17. The fourth-order valence-corrected chi connectivity index (χ4v) is 9.38. The van der Waals surface area contributed by atoms with Crippen LogP contribution < -0.4 is 59.3 Å². The highest BCUT2D eigenvalue weighted by molar-refractivity contribution is 6.00. The number of amides is 10. The molecule has 92 heavy (non-hydrogen) atoms. The maximum atomic E-state index is 14.9. The number of nitrogens with two attached hydrogens (primary N) is 2. The molecule has 498 valence electrons. The summed E-state index contributed by atoms with van der Waals surface area (Å²) in [5.41, 5.74) is 13.5. The minimum Gasteiger partial charge on any atom is -0.508 e. The Labute approximate surface area is 530 Å². The zero-order valence-electron chi connectivity index (χ0n) is 51.7. The Bertz CT molecular complexity index is 3190. The number of phenols is 2. The number of carboxylic acids is 2. The van der Waals surface area contributed by atoms with Gasteiger partial charge in [-0.25, -0.2) is 4.79 Å². The van der Waals surface area contributed by atoms with E-state index in [9.17, 15) is 88.2 Å². The molecule has 0 saturated heterocycles. The topological polar surface area (TPSA) is 487 Å². The lowest BCUT2D eigenvalue weighted by Gasteiger charge is -2.29. The van der Waals surface area contributed by atoms with Gasteiger partial charge in [0.15, 0.2) is 0 Å². The number of nitrogens with one attached hydrogen (secondary N) is 9. The normalized spacial score (nSPS) is 15.1. The number of aliphatic hydroxyl groups excluding tert-OH is 2. The Morgan fingerprint density at radius 1 is 0.380 bits per heavy atom. The van der Waals surface area contributed by atoms with E-state index in [-0.39, 0.29) is 49.5 Å². The molecule has 0 aliphatic heterocycles. The lowest BCUT2D eigenvalue weighted by molar-refractivity contribution is -0.145. The summed E-state index contributed by atoms with van der Waals surface area (Å²) in [6.45, 7) is 8.73. The summed E-state index contributed by atoms with van der Waals surface area (Å²) in [4.78, 5) is 163. The van der Waals surface area contributed by atoms with Gasteiger partial charge in [-0.05, 0) is 85.0 Å². The quantitative estimate of drug-likeness (QED) is 0.0233. The van der Waals surface area contributed by atoms with Crippen LogP contribution >= 0.6 is 0 Å². The van der Waals surface area contributed by atoms with Gasteiger partial charge in [0, 0.05) is 19.3 Å². The number of phenolic OH excluding ortho intramolecular Hbond substituents is 2. The molecule has 0 fully saturated rings. The van der Waals surface area contributed by atoms with Gasteiger partial charge in [-0.1, -0.05) is 113 Å². The second-order valence-corrected chi connectivity index (χ2v) is 23.0. The van der Waals surface area contributed by atoms with Crippen molar-refractivity contribution >= 4 is 71.0 Å². The molecular formula is C63H83N11O18. The van der Waals surface area contributed by atoms with Crippen LogP contribution in [0.25, 0.3) is 0 Å². The van der Waals surface area contributed by atoms with Crippen LogP contribution in [0.4, 0.5) is 0 Å². The predicted molar refractivity (Wildman–Crippen MR) is 331 cm³/mol. The maximum Gasteiger partial charge on any atom is 0.326 e. The molecule has 29 nitrogen and oxygen atoms in total. The summed E-state index contributed by atoms with van der Waals surface area (Å²) >= 11 is 0. The smallest absolute Gasteiger partial charge is 0.326 e. The van der Waals surface area contributed by atoms with Crippen molar-refractivity contribution < 1.29 is 88.2 Å². The Balaban J connectivity index is 1.66. The summed E-state index contributed by atoms with van der Waals surface area (Å²) in [6.07, 6.45) is -6.31. The zero-order chi connectivity index (χ0) is 68.5. The van der Waals surface area contributed by atoms with Crippen molar-refractivity contribution in [3.8, 4) is 11.5 Å². The molecule has 0 aromatic heterocycles. The average Bonchev–Trinajstić information content (AvgIpc) is 1.06. The van der Waals surface area contributed by atoms with E-state index in [0.29, 0.717) is 22.3 Å². The first kappa shape index (κ1) is 74.5.